The van der Waals surface area contributed by atoms with Crippen LogP contribution in [0, 0.1) is 11.3 Å². The van der Waals surface area contributed by atoms with Gasteiger partial charge < -0.3 is 0 Å². The smallest absolute Gasteiger partial charge is 0.0936 e. The van der Waals surface area contributed by atoms with E-state index in [2.05, 4.69) is 37.1 Å². The second kappa shape index (κ2) is 6.88. The van der Waals surface area contributed by atoms with Crippen molar-refractivity contribution in [3.05, 3.63) is 0 Å². The average Bonchev–Trinajstić information content (AvgIpc) is 2.17. The molecule has 76 valence electrons. The molecule has 0 aromatic carbocycles. The molecule has 3 heteroatoms. The summed E-state index contributed by atoms with van der Waals surface area (Å²) in [7, 11) is 0. The number of hydrogen-bond acceptors (Lipinski definition) is 3. The topological polar surface area (TPSA) is 39.1 Å². The highest BCUT2D eigenvalue weighted by Gasteiger charge is 2.14. The Kier molecular flexibility index (Phi) is 6.56. The number of nitriles is 1. The van der Waals surface area contributed by atoms with Crippen molar-refractivity contribution in [3.8, 4) is 6.07 Å². The van der Waals surface area contributed by atoms with Gasteiger partial charge in [0.25, 0.3) is 0 Å². The van der Waals surface area contributed by atoms with Gasteiger partial charge in [0.15, 0.2) is 0 Å². The van der Waals surface area contributed by atoms with Crippen molar-refractivity contribution >= 4 is 0 Å². The average molecular weight is 183 g/mol. The van der Waals surface area contributed by atoms with E-state index in [1.807, 2.05) is 6.92 Å². The van der Waals surface area contributed by atoms with E-state index in [9.17, 15) is 0 Å². The highest BCUT2D eigenvalue weighted by molar-refractivity contribution is 4.87. The van der Waals surface area contributed by atoms with E-state index in [1.165, 1.54) is 0 Å². The maximum atomic E-state index is 8.68. The fraction of sp³-hybridized carbons (Fsp3) is 0.900. The fourth-order valence-electron chi connectivity index (χ4n) is 1.47. The third kappa shape index (κ3) is 4.25. The Morgan fingerprint density at radius 2 is 1.85 bits per heavy atom. The SMILES string of the molecule is CCC(NC(C)C#N)N(CC)CC. The third-order valence-electron chi connectivity index (χ3n) is 2.28. The standard InChI is InChI=1S/C10H21N3/c1-5-10(12-9(4)8-11)13(6-2)7-3/h9-10,12H,5-7H2,1-4H3. The van der Waals surface area contributed by atoms with Crippen molar-refractivity contribution < 1.29 is 0 Å². The van der Waals surface area contributed by atoms with Crippen LogP contribution in [0.15, 0.2) is 0 Å². The zero-order valence-corrected chi connectivity index (χ0v) is 9.17. The van der Waals surface area contributed by atoms with E-state index in [0.29, 0.717) is 6.17 Å². The van der Waals surface area contributed by atoms with Gasteiger partial charge in [-0.1, -0.05) is 20.8 Å². The quantitative estimate of drug-likeness (QED) is 0.635. The van der Waals surface area contributed by atoms with Crippen molar-refractivity contribution in [1.29, 1.82) is 5.26 Å². The zero-order chi connectivity index (χ0) is 10.3. The van der Waals surface area contributed by atoms with Gasteiger partial charge >= 0.3 is 0 Å². The Hall–Kier alpha value is -0.590. The zero-order valence-electron chi connectivity index (χ0n) is 9.17. The van der Waals surface area contributed by atoms with Gasteiger partial charge in [0.05, 0.1) is 18.3 Å². The van der Waals surface area contributed by atoms with E-state index in [0.717, 1.165) is 19.5 Å². The lowest BCUT2D eigenvalue weighted by Gasteiger charge is -2.30. The molecular formula is C10H21N3. The molecule has 0 bridgehead atoms. The fourth-order valence-corrected chi connectivity index (χ4v) is 1.47. The van der Waals surface area contributed by atoms with E-state index >= 15 is 0 Å². The molecule has 0 radical (unpaired) electrons. The second-order valence-electron chi connectivity index (χ2n) is 3.16. The normalized spacial score (nSPS) is 15.4. The summed E-state index contributed by atoms with van der Waals surface area (Å²) in [5.41, 5.74) is 0. The van der Waals surface area contributed by atoms with E-state index in [-0.39, 0.29) is 6.04 Å². The van der Waals surface area contributed by atoms with Crippen molar-refractivity contribution in [2.24, 2.45) is 0 Å². The first-order valence-electron chi connectivity index (χ1n) is 5.09. The van der Waals surface area contributed by atoms with Crippen LogP contribution in [-0.4, -0.2) is 30.2 Å². The van der Waals surface area contributed by atoms with Gasteiger partial charge in [-0.3, -0.25) is 10.2 Å². The molecule has 0 aliphatic rings. The number of rotatable bonds is 6. The Morgan fingerprint density at radius 1 is 1.31 bits per heavy atom. The molecule has 0 fully saturated rings. The molecule has 1 N–H and O–H groups in total. The van der Waals surface area contributed by atoms with Gasteiger partial charge in [0.1, 0.15) is 0 Å². The van der Waals surface area contributed by atoms with Crippen LogP contribution in [-0.2, 0) is 0 Å². The number of nitrogens with one attached hydrogen (secondary N) is 1. The predicted octanol–water partition coefficient (Wildman–Crippen LogP) is 1.57. The number of nitrogens with zero attached hydrogens (tertiary/aromatic N) is 2. The summed E-state index contributed by atoms with van der Waals surface area (Å²) in [6, 6.07) is 2.13. The summed E-state index contributed by atoms with van der Waals surface area (Å²) < 4.78 is 0. The van der Waals surface area contributed by atoms with Crippen LogP contribution in [0.2, 0.25) is 0 Å². The van der Waals surface area contributed by atoms with Gasteiger partial charge in [-0.25, -0.2) is 0 Å². The highest BCUT2D eigenvalue weighted by atomic mass is 15.3. The highest BCUT2D eigenvalue weighted by Crippen LogP contribution is 2.01. The summed E-state index contributed by atoms with van der Waals surface area (Å²) in [5, 5.41) is 12.0. The summed E-state index contributed by atoms with van der Waals surface area (Å²) >= 11 is 0. The van der Waals surface area contributed by atoms with Crippen LogP contribution in [0.5, 0.6) is 0 Å². The summed E-state index contributed by atoms with van der Waals surface area (Å²) in [4.78, 5) is 2.33. The first-order valence-corrected chi connectivity index (χ1v) is 5.09. The molecule has 0 saturated heterocycles. The minimum Gasteiger partial charge on any atom is -0.289 e. The second-order valence-corrected chi connectivity index (χ2v) is 3.16. The van der Waals surface area contributed by atoms with Crippen LogP contribution in [0.3, 0.4) is 0 Å². The van der Waals surface area contributed by atoms with Crippen molar-refractivity contribution in [3.63, 3.8) is 0 Å². The molecule has 3 nitrogen and oxygen atoms in total. The molecule has 0 aliphatic heterocycles. The van der Waals surface area contributed by atoms with Crippen LogP contribution in [0.25, 0.3) is 0 Å². The van der Waals surface area contributed by atoms with Gasteiger partial charge in [0.2, 0.25) is 0 Å². The van der Waals surface area contributed by atoms with E-state index < -0.39 is 0 Å². The monoisotopic (exact) mass is 183 g/mol. The van der Waals surface area contributed by atoms with Crippen LogP contribution in [0.4, 0.5) is 0 Å². The maximum Gasteiger partial charge on any atom is 0.0936 e. The third-order valence-corrected chi connectivity index (χ3v) is 2.28. The van der Waals surface area contributed by atoms with Crippen LogP contribution < -0.4 is 5.32 Å². The minimum absolute atomic E-state index is 0.0643. The minimum atomic E-state index is -0.0643. The van der Waals surface area contributed by atoms with E-state index in [4.69, 9.17) is 5.26 Å². The van der Waals surface area contributed by atoms with Crippen LogP contribution >= 0.6 is 0 Å². The van der Waals surface area contributed by atoms with Gasteiger partial charge in [-0.05, 0) is 26.4 Å². The van der Waals surface area contributed by atoms with Crippen molar-refractivity contribution in [2.45, 2.75) is 46.3 Å². The molecule has 2 atom stereocenters. The Labute approximate surface area is 81.7 Å². The first kappa shape index (κ1) is 12.4. The molecule has 0 rings (SSSR count). The molecule has 0 spiro atoms. The largest absolute Gasteiger partial charge is 0.289 e. The van der Waals surface area contributed by atoms with Crippen molar-refractivity contribution in [1.82, 2.24) is 10.2 Å². The molecule has 0 aliphatic carbocycles. The molecule has 0 heterocycles. The van der Waals surface area contributed by atoms with Gasteiger partial charge in [-0.2, -0.15) is 5.26 Å². The van der Waals surface area contributed by atoms with Crippen molar-refractivity contribution in [2.75, 3.05) is 13.1 Å². The Morgan fingerprint density at radius 3 is 2.15 bits per heavy atom. The lowest BCUT2D eigenvalue weighted by Crippen LogP contribution is -2.48. The molecule has 13 heavy (non-hydrogen) atoms. The van der Waals surface area contributed by atoms with Crippen LogP contribution in [0.1, 0.15) is 34.1 Å². The molecule has 0 aromatic rings. The van der Waals surface area contributed by atoms with E-state index in [1.54, 1.807) is 0 Å². The Balaban J connectivity index is 4.08. The summed E-state index contributed by atoms with van der Waals surface area (Å²) in [6.07, 6.45) is 1.37. The first-order chi connectivity index (χ1) is 6.19. The predicted molar refractivity (Wildman–Crippen MR) is 55.2 cm³/mol. The lowest BCUT2D eigenvalue weighted by molar-refractivity contribution is 0.172. The molecular weight excluding hydrogens is 162 g/mol. The number of hydrogen-bond donors (Lipinski definition) is 1. The maximum absolute atomic E-state index is 8.68. The van der Waals surface area contributed by atoms with Gasteiger partial charge in [-0.15, -0.1) is 0 Å². The lowest BCUT2D eigenvalue weighted by atomic mass is 10.2. The van der Waals surface area contributed by atoms with Gasteiger partial charge in [0, 0.05) is 0 Å². The Bertz CT molecular complexity index is 158. The summed E-state index contributed by atoms with van der Waals surface area (Å²) in [6.45, 7) is 10.4. The molecule has 0 aromatic heterocycles. The molecule has 0 amide bonds. The molecule has 0 saturated carbocycles. The summed E-state index contributed by atoms with van der Waals surface area (Å²) in [5.74, 6) is 0. The molecule has 2 unspecified atom stereocenters.